The summed E-state index contributed by atoms with van der Waals surface area (Å²) in [6.45, 7) is 4.33. The Kier molecular flexibility index (Phi) is 8.32. The van der Waals surface area contributed by atoms with Gasteiger partial charge in [-0.2, -0.15) is 0 Å². The molecule has 0 fully saturated rings. The van der Waals surface area contributed by atoms with Gasteiger partial charge in [0.2, 0.25) is 5.91 Å². The third-order valence-electron chi connectivity index (χ3n) is 2.48. The molecule has 106 valence electrons. The van der Waals surface area contributed by atoms with Crippen molar-refractivity contribution in [3.05, 3.63) is 0 Å². The molecule has 6 nitrogen and oxygen atoms in total. The highest BCUT2D eigenvalue weighted by molar-refractivity contribution is 5.87. The maximum Gasteiger partial charge on any atom is 0.328 e. The molecule has 0 saturated heterocycles. The first-order chi connectivity index (χ1) is 8.42. The largest absolute Gasteiger partial charge is 0.467 e. The molecule has 0 aliphatic rings. The van der Waals surface area contributed by atoms with Crippen molar-refractivity contribution in [3.63, 3.8) is 0 Å². The van der Waals surface area contributed by atoms with Crippen LogP contribution in [0.25, 0.3) is 0 Å². The van der Waals surface area contributed by atoms with E-state index in [-0.39, 0.29) is 11.8 Å². The van der Waals surface area contributed by atoms with Crippen LogP contribution in [0.5, 0.6) is 0 Å². The molecule has 6 heteroatoms. The van der Waals surface area contributed by atoms with Crippen LogP contribution in [0, 0.1) is 5.92 Å². The lowest BCUT2D eigenvalue weighted by Gasteiger charge is -2.20. The van der Waals surface area contributed by atoms with Crippen LogP contribution in [0.3, 0.4) is 0 Å². The number of hydrogen-bond donors (Lipinski definition) is 2. The molecule has 2 unspecified atom stereocenters. The summed E-state index contributed by atoms with van der Waals surface area (Å²) in [5, 5.41) is 2.61. The van der Waals surface area contributed by atoms with Crippen molar-refractivity contribution < 1.29 is 19.1 Å². The first-order valence-corrected chi connectivity index (χ1v) is 6.05. The molecule has 2 atom stereocenters. The Bertz CT molecular complexity index is 269. The van der Waals surface area contributed by atoms with Crippen LogP contribution in [0.4, 0.5) is 0 Å². The fourth-order valence-electron chi connectivity index (χ4n) is 1.48. The molecule has 1 amide bonds. The van der Waals surface area contributed by atoms with E-state index in [1.54, 1.807) is 7.11 Å². The average molecular weight is 260 g/mol. The van der Waals surface area contributed by atoms with Gasteiger partial charge in [-0.15, -0.1) is 0 Å². The zero-order valence-electron chi connectivity index (χ0n) is 11.6. The van der Waals surface area contributed by atoms with E-state index in [0.29, 0.717) is 19.4 Å². The Morgan fingerprint density at radius 1 is 1.28 bits per heavy atom. The summed E-state index contributed by atoms with van der Waals surface area (Å²) < 4.78 is 9.51. The number of nitrogens with one attached hydrogen (secondary N) is 1. The van der Waals surface area contributed by atoms with E-state index in [9.17, 15) is 9.59 Å². The number of ether oxygens (including phenoxy) is 2. The highest BCUT2D eigenvalue weighted by atomic mass is 16.5. The highest BCUT2D eigenvalue weighted by Gasteiger charge is 2.24. The van der Waals surface area contributed by atoms with E-state index in [2.05, 4.69) is 10.1 Å². The van der Waals surface area contributed by atoms with E-state index in [1.807, 2.05) is 13.8 Å². The first kappa shape index (κ1) is 16.9. The average Bonchev–Trinajstić information content (AvgIpc) is 2.33. The van der Waals surface area contributed by atoms with Crippen molar-refractivity contribution in [2.24, 2.45) is 11.7 Å². The summed E-state index contributed by atoms with van der Waals surface area (Å²) in [4.78, 5) is 23.3. The number of nitrogens with two attached hydrogens (primary N) is 1. The fourth-order valence-corrected chi connectivity index (χ4v) is 1.48. The number of methoxy groups -OCH3 is 2. The summed E-state index contributed by atoms with van der Waals surface area (Å²) in [6.07, 6.45) is 0.938. The van der Waals surface area contributed by atoms with E-state index in [0.717, 1.165) is 0 Å². The quantitative estimate of drug-likeness (QED) is 0.602. The van der Waals surface area contributed by atoms with Crippen molar-refractivity contribution >= 4 is 11.9 Å². The van der Waals surface area contributed by atoms with Gasteiger partial charge in [-0.3, -0.25) is 4.79 Å². The van der Waals surface area contributed by atoms with Crippen LogP contribution < -0.4 is 11.1 Å². The van der Waals surface area contributed by atoms with Crippen molar-refractivity contribution in [2.75, 3.05) is 20.8 Å². The predicted molar refractivity (Wildman–Crippen MR) is 67.9 cm³/mol. The number of hydrogen-bond acceptors (Lipinski definition) is 5. The second kappa shape index (κ2) is 8.88. The normalized spacial score (nSPS) is 14.1. The van der Waals surface area contributed by atoms with E-state index in [4.69, 9.17) is 10.5 Å². The Hall–Kier alpha value is -1.14. The number of carbonyl (C=O) groups excluding carboxylic acids is 2. The number of amides is 1. The smallest absolute Gasteiger partial charge is 0.328 e. The van der Waals surface area contributed by atoms with Crippen LogP contribution in [-0.4, -0.2) is 44.8 Å². The molecule has 0 aromatic rings. The van der Waals surface area contributed by atoms with Crippen LogP contribution in [-0.2, 0) is 19.1 Å². The molecule has 0 aromatic heterocycles. The highest BCUT2D eigenvalue weighted by Crippen LogP contribution is 2.06. The van der Waals surface area contributed by atoms with Crippen LogP contribution >= 0.6 is 0 Å². The van der Waals surface area contributed by atoms with Gasteiger partial charge in [0.15, 0.2) is 0 Å². The molecule has 0 bridgehead atoms. The number of esters is 1. The Balaban J connectivity index is 4.38. The molecule has 0 radical (unpaired) electrons. The van der Waals surface area contributed by atoms with Gasteiger partial charge in [-0.05, 0) is 18.8 Å². The zero-order chi connectivity index (χ0) is 14.1. The van der Waals surface area contributed by atoms with Crippen molar-refractivity contribution in [2.45, 2.75) is 38.8 Å². The van der Waals surface area contributed by atoms with Crippen LogP contribution in [0.1, 0.15) is 26.7 Å². The summed E-state index contributed by atoms with van der Waals surface area (Å²) in [6, 6.07) is -1.32. The maximum absolute atomic E-state index is 11.8. The van der Waals surface area contributed by atoms with Crippen molar-refractivity contribution in [3.8, 4) is 0 Å². The molecular weight excluding hydrogens is 236 g/mol. The zero-order valence-corrected chi connectivity index (χ0v) is 11.6. The molecule has 3 N–H and O–H groups in total. The van der Waals surface area contributed by atoms with Gasteiger partial charge in [-0.25, -0.2) is 4.79 Å². The maximum atomic E-state index is 11.8. The van der Waals surface area contributed by atoms with Gasteiger partial charge < -0.3 is 20.5 Å². The predicted octanol–water partition coefficient (Wildman–Crippen LogP) is 0.0541. The van der Waals surface area contributed by atoms with E-state index >= 15 is 0 Å². The fraction of sp³-hybridized carbons (Fsp3) is 0.833. The monoisotopic (exact) mass is 260 g/mol. The molecule has 0 aromatic carbocycles. The van der Waals surface area contributed by atoms with E-state index < -0.39 is 18.1 Å². The molecular formula is C12H24N2O4. The second-order valence-electron chi connectivity index (χ2n) is 4.60. The van der Waals surface area contributed by atoms with Crippen LogP contribution in [0.2, 0.25) is 0 Å². The lowest BCUT2D eigenvalue weighted by molar-refractivity contribution is -0.145. The summed E-state index contributed by atoms with van der Waals surface area (Å²) in [7, 11) is 2.84. The second-order valence-corrected chi connectivity index (χ2v) is 4.60. The van der Waals surface area contributed by atoms with Gasteiger partial charge in [0.05, 0.1) is 13.2 Å². The Morgan fingerprint density at radius 2 is 1.89 bits per heavy atom. The standard InChI is InChI=1S/C12H24N2O4/c1-8(2)7-10(12(16)18-4)14-11(15)9(13)5-6-17-3/h8-10H,5-7,13H2,1-4H3,(H,14,15). The summed E-state index contributed by atoms with van der Waals surface area (Å²) in [5.74, 6) is -0.538. The Morgan fingerprint density at radius 3 is 2.33 bits per heavy atom. The van der Waals surface area contributed by atoms with Gasteiger partial charge >= 0.3 is 5.97 Å². The molecule has 0 saturated carbocycles. The third kappa shape index (κ3) is 6.56. The van der Waals surface area contributed by atoms with Gasteiger partial charge in [0.25, 0.3) is 0 Å². The molecule has 18 heavy (non-hydrogen) atoms. The lowest BCUT2D eigenvalue weighted by Crippen LogP contribution is -2.49. The molecule has 0 aliphatic heterocycles. The minimum absolute atomic E-state index is 0.268. The molecule has 0 rings (SSSR count). The van der Waals surface area contributed by atoms with Gasteiger partial charge in [0.1, 0.15) is 6.04 Å². The minimum Gasteiger partial charge on any atom is -0.467 e. The first-order valence-electron chi connectivity index (χ1n) is 6.05. The Labute approximate surface area is 108 Å². The van der Waals surface area contributed by atoms with Gasteiger partial charge in [-0.1, -0.05) is 13.8 Å². The lowest BCUT2D eigenvalue weighted by atomic mass is 10.0. The topological polar surface area (TPSA) is 90.6 Å². The van der Waals surface area contributed by atoms with Crippen molar-refractivity contribution in [1.29, 1.82) is 0 Å². The van der Waals surface area contributed by atoms with Crippen molar-refractivity contribution in [1.82, 2.24) is 5.32 Å². The molecule has 0 aliphatic carbocycles. The van der Waals surface area contributed by atoms with Crippen LogP contribution in [0.15, 0.2) is 0 Å². The minimum atomic E-state index is -0.677. The number of carbonyl (C=O) groups is 2. The summed E-state index contributed by atoms with van der Waals surface area (Å²) in [5.41, 5.74) is 5.68. The SMILES string of the molecule is COCCC(N)C(=O)NC(CC(C)C)C(=O)OC. The van der Waals surface area contributed by atoms with Gasteiger partial charge in [0, 0.05) is 13.7 Å². The van der Waals surface area contributed by atoms with E-state index in [1.165, 1.54) is 7.11 Å². The third-order valence-corrected chi connectivity index (χ3v) is 2.48. The summed E-state index contributed by atoms with van der Waals surface area (Å²) >= 11 is 0. The number of rotatable bonds is 8. The molecule has 0 spiro atoms. The molecule has 0 heterocycles.